The van der Waals surface area contributed by atoms with Gasteiger partial charge in [0.25, 0.3) is 5.91 Å². The van der Waals surface area contributed by atoms with Crippen LogP contribution in [0.1, 0.15) is 45.3 Å². The number of benzene rings is 1. The summed E-state index contributed by atoms with van der Waals surface area (Å²) < 4.78 is 0. The highest BCUT2D eigenvalue weighted by Crippen LogP contribution is 2.39. The number of carbonyl (C=O) groups excluding carboxylic acids is 2. The van der Waals surface area contributed by atoms with Crippen molar-refractivity contribution in [2.75, 3.05) is 11.1 Å². The number of hydrogen-bond donors (Lipinski definition) is 2. The van der Waals surface area contributed by atoms with Gasteiger partial charge in [0.05, 0.1) is 22.9 Å². The second-order valence-corrected chi connectivity index (χ2v) is 8.86. The first-order valence-corrected chi connectivity index (χ1v) is 10.8. The van der Waals surface area contributed by atoms with Gasteiger partial charge in [-0.3, -0.25) is 9.59 Å². The minimum atomic E-state index is -0.470. The number of thioether (sulfide) groups is 1. The van der Waals surface area contributed by atoms with Crippen molar-refractivity contribution < 1.29 is 9.59 Å². The zero-order valence-electron chi connectivity index (χ0n) is 15.1. The standard InChI is InChI=1S/C20H21N3O2S2/c1-12-2-7-15-16(8-12)27-20(18(15)19(22)25)23-17(24)11-26-10-14-5-3-13(9-21)4-6-14/h3-6,12H,2,7-8,10-11H2,1H3,(H2,22,25)(H,23,24). The molecule has 5 nitrogen and oxygen atoms in total. The van der Waals surface area contributed by atoms with E-state index in [1.54, 1.807) is 12.1 Å². The first-order chi connectivity index (χ1) is 13.0. The molecule has 1 aliphatic rings. The number of thiophene rings is 1. The van der Waals surface area contributed by atoms with E-state index in [4.69, 9.17) is 11.0 Å². The van der Waals surface area contributed by atoms with E-state index in [1.165, 1.54) is 28.0 Å². The average molecular weight is 400 g/mol. The fourth-order valence-electron chi connectivity index (χ4n) is 3.20. The summed E-state index contributed by atoms with van der Waals surface area (Å²) in [5.74, 6) is 0.950. The van der Waals surface area contributed by atoms with Gasteiger partial charge in [-0.2, -0.15) is 5.26 Å². The molecule has 1 aromatic carbocycles. The van der Waals surface area contributed by atoms with Crippen molar-refractivity contribution in [2.24, 2.45) is 11.7 Å². The number of nitriles is 1. The van der Waals surface area contributed by atoms with Crippen LogP contribution in [-0.4, -0.2) is 17.6 Å². The zero-order chi connectivity index (χ0) is 19.4. The number of carbonyl (C=O) groups is 2. The Balaban J connectivity index is 1.60. The lowest BCUT2D eigenvalue weighted by Gasteiger charge is -2.18. The normalized spacial score (nSPS) is 15.6. The zero-order valence-corrected chi connectivity index (χ0v) is 16.7. The van der Waals surface area contributed by atoms with Gasteiger partial charge >= 0.3 is 0 Å². The Morgan fingerprint density at radius 1 is 1.37 bits per heavy atom. The third kappa shape index (κ3) is 4.71. The van der Waals surface area contributed by atoms with Gasteiger partial charge in [-0.15, -0.1) is 23.1 Å². The molecule has 2 amide bonds. The highest BCUT2D eigenvalue weighted by Gasteiger charge is 2.27. The van der Waals surface area contributed by atoms with Crippen LogP contribution < -0.4 is 11.1 Å². The second kappa shape index (κ2) is 8.59. The van der Waals surface area contributed by atoms with E-state index in [0.717, 1.165) is 30.4 Å². The van der Waals surface area contributed by atoms with Crippen LogP contribution in [0.2, 0.25) is 0 Å². The summed E-state index contributed by atoms with van der Waals surface area (Å²) in [6, 6.07) is 9.41. The smallest absolute Gasteiger partial charge is 0.251 e. The SMILES string of the molecule is CC1CCc2c(sc(NC(=O)CSCc3ccc(C#N)cc3)c2C(N)=O)C1. The lowest BCUT2D eigenvalue weighted by atomic mass is 9.88. The molecule has 1 heterocycles. The van der Waals surface area contributed by atoms with Gasteiger partial charge < -0.3 is 11.1 Å². The van der Waals surface area contributed by atoms with Gasteiger partial charge in [-0.05, 0) is 48.4 Å². The number of hydrogen-bond acceptors (Lipinski definition) is 5. The molecule has 0 spiro atoms. The molecule has 0 fully saturated rings. The summed E-state index contributed by atoms with van der Waals surface area (Å²) in [7, 11) is 0. The molecule has 27 heavy (non-hydrogen) atoms. The monoisotopic (exact) mass is 399 g/mol. The molecular formula is C20H21N3O2S2. The Bertz CT molecular complexity index is 897. The molecule has 1 atom stereocenters. The fourth-order valence-corrected chi connectivity index (χ4v) is 5.42. The molecule has 3 rings (SSSR count). The van der Waals surface area contributed by atoms with Crippen LogP contribution >= 0.6 is 23.1 Å². The Kier molecular flexibility index (Phi) is 6.19. The molecule has 0 saturated heterocycles. The topological polar surface area (TPSA) is 96.0 Å². The van der Waals surface area contributed by atoms with E-state index < -0.39 is 5.91 Å². The molecule has 0 radical (unpaired) electrons. The van der Waals surface area contributed by atoms with Crippen molar-refractivity contribution in [3.05, 3.63) is 51.4 Å². The van der Waals surface area contributed by atoms with Crippen LogP contribution in [0.25, 0.3) is 0 Å². The van der Waals surface area contributed by atoms with E-state index in [2.05, 4.69) is 18.3 Å². The minimum absolute atomic E-state index is 0.136. The Morgan fingerprint density at radius 3 is 2.78 bits per heavy atom. The van der Waals surface area contributed by atoms with Crippen LogP contribution in [0.15, 0.2) is 24.3 Å². The van der Waals surface area contributed by atoms with Crippen molar-refractivity contribution >= 4 is 39.9 Å². The predicted octanol–water partition coefficient (Wildman–Crippen LogP) is 3.72. The Labute approximate surface area is 167 Å². The van der Waals surface area contributed by atoms with Gasteiger partial charge in [0.2, 0.25) is 5.91 Å². The van der Waals surface area contributed by atoms with Gasteiger partial charge in [-0.25, -0.2) is 0 Å². The Hall–Kier alpha value is -2.30. The number of nitrogens with two attached hydrogens (primary N) is 1. The summed E-state index contributed by atoms with van der Waals surface area (Å²) in [5, 5.41) is 12.3. The average Bonchev–Trinajstić information content (AvgIpc) is 2.99. The van der Waals surface area contributed by atoms with Crippen molar-refractivity contribution in [3.8, 4) is 6.07 Å². The first kappa shape index (κ1) is 19.5. The lowest BCUT2D eigenvalue weighted by molar-refractivity contribution is -0.113. The molecule has 1 aromatic heterocycles. The number of fused-ring (bicyclic) bond motifs is 1. The van der Waals surface area contributed by atoms with Crippen molar-refractivity contribution in [1.82, 2.24) is 0 Å². The van der Waals surface area contributed by atoms with E-state index in [1.807, 2.05) is 12.1 Å². The Morgan fingerprint density at radius 2 is 2.11 bits per heavy atom. The van der Waals surface area contributed by atoms with Crippen LogP contribution in [0.3, 0.4) is 0 Å². The maximum absolute atomic E-state index is 12.3. The van der Waals surface area contributed by atoms with Crippen LogP contribution in [-0.2, 0) is 23.4 Å². The van der Waals surface area contributed by atoms with E-state index >= 15 is 0 Å². The van der Waals surface area contributed by atoms with Gasteiger partial charge in [-0.1, -0.05) is 19.1 Å². The fraction of sp³-hybridized carbons (Fsp3) is 0.350. The summed E-state index contributed by atoms with van der Waals surface area (Å²) in [4.78, 5) is 25.4. The molecule has 3 N–H and O–H groups in total. The first-order valence-electron chi connectivity index (χ1n) is 8.79. The number of rotatable bonds is 6. The van der Waals surface area contributed by atoms with Crippen LogP contribution in [0.5, 0.6) is 0 Å². The summed E-state index contributed by atoms with van der Waals surface area (Å²) in [5.41, 5.74) is 8.78. The summed E-state index contributed by atoms with van der Waals surface area (Å²) >= 11 is 2.97. The molecule has 0 bridgehead atoms. The maximum Gasteiger partial charge on any atom is 0.251 e. The third-order valence-corrected chi connectivity index (χ3v) is 6.77. The third-order valence-electron chi connectivity index (χ3n) is 4.60. The van der Waals surface area contributed by atoms with Gasteiger partial charge in [0.1, 0.15) is 5.00 Å². The second-order valence-electron chi connectivity index (χ2n) is 6.77. The van der Waals surface area contributed by atoms with Crippen LogP contribution in [0.4, 0.5) is 5.00 Å². The van der Waals surface area contributed by atoms with E-state index in [0.29, 0.717) is 27.8 Å². The van der Waals surface area contributed by atoms with Gasteiger partial charge in [0, 0.05) is 10.6 Å². The molecule has 7 heteroatoms. The highest BCUT2D eigenvalue weighted by molar-refractivity contribution is 7.99. The molecule has 140 valence electrons. The van der Waals surface area contributed by atoms with E-state index in [9.17, 15) is 9.59 Å². The number of primary amides is 1. The van der Waals surface area contributed by atoms with Crippen molar-refractivity contribution in [3.63, 3.8) is 0 Å². The summed E-state index contributed by atoms with van der Waals surface area (Å²) in [6.45, 7) is 2.20. The minimum Gasteiger partial charge on any atom is -0.365 e. The number of nitrogens with one attached hydrogen (secondary N) is 1. The lowest BCUT2D eigenvalue weighted by Crippen LogP contribution is -2.20. The molecular weight excluding hydrogens is 378 g/mol. The molecule has 2 aromatic rings. The number of amides is 2. The van der Waals surface area contributed by atoms with E-state index in [-0.39, 0.29) is 11.7 Å². The molecule has 1 aliphatic carbocycles. The summed E-state index contributed by atoms with van der Waals surface area (Å²) in [6.07, 6.45) is 2.82. The molecule has 0 aliphatic heterocycles. The molecule has 1 unspecified atom stereocenters. The maximum atomic E-state index is 12.3. The van der Waals surface area contributed by atoms with Crippen LogP contribution in [0, 0.1) is 17.2 Å². The molecule has 0 saturated carbocycles. The quantitative estimate of drug-likeness (QED) is 0.774. The van der Waals surface area contributed by atoms with Crippen molar-refractivity contribution in [1.29, 1.82) is 5.26 Å². The highest BCUT2D eigenvalue weighted by atomic mass is 32.2. The van der Waals surface area contributed by atoms with Gasteiger partial charge in [0.15, 0.2) is 0 Å². The number of nitrogens with zero attached hydrogens (tertiary/aromatic N) is 1. The van der Waals surface area contributed by atoms with Crippen molar-refractivity contribution in [2.45, 2.75) is 31.9 Å². The largest absolute Gasteiger partial charge is 0.365 e. The number of anilines is 1. The predicted molar refractivity (Wildman–Crippen MR) is 110 cm³/mol.